The maximum atomic E-state index is 5.42. The molecule has 0 aromatic heterocycles. The molecule has 0 saturated heterocycles. The third-order valence-electron chi connectivity index (χ3n) is 3.78. The summed E-state index contributed by atoms with van der Waals surface area (Å²) in [5.41, 5.74) is 1.54. The first-order valence-electron chi connectivity index (χ1n) is 7.54. The summed E-state index contributed by atoms with van der Waals surface area (Å²) in [7, 11) is 3.92. The topological polar surface area (TPSA) is 24.5 Å². The van der Waals surface area contributed by atoms with Crippen LogP contribution in [0.1, 0.15) is 32.3 Å². The van der Waals surface area contributed by atoms with E-state index in [1.54, 1.807) is 7.11 Å². The molecule has 0 aliphatic heterocycles. The molecule has 0 amide bonds. The van der Waals surface area contributed by atoms with Gasteiger partial charge in [0.25, 0.3) is 0 Å². The summed E-state index contributed by atoms with van der Waals surface area (Å²) in [5, 5.41) is 3.64. The molecule has 3 heteroatoms. The van der Waals surface area contributed by atoms with Gasteiger partial charge in [0.15, 0.2) is 0 Å². The lowest BCUT2D eigenvalue weighted by Gasteiger charge is -2.31. The second kappa shape index (κ2) is 6.59. The van der Waals surface area contributed by atoms with Gasteiger partial charge in [-0.05, 0) is 31.4 Å². The molecule has 1 aromatic rings. The lowest BCUT2D eigenvalue weighted by Crippen LogP contribution is -2.39. The zero-order valence-electron chi connectivity index (χ0n) is 13.3. The van der Waals surface area contributed by atoms with Gasteiger partial charge in [0.1, 0.15) is 5.75 Å². The molecular formula is C17H28N2O. The van der Waals surface area contributed by atoms with E-state index in [0.717, 1.165) is 31.4 Å². The third-order valence-corrected chi connectivity index (χ3v) is 3.78. The minimum absolute atomic E-state index is 0.291. The largest absolute Gasteiger partial charge is 0.496 e. The minimum Gasteiger partial charge on any atom is -0.496 e. The van der Waals surface area contributed by atoms with Crippen molar-refractivity contribution in [3.63, 3.8) is 0 Å². The van der Waals surface area contributed by atoms with Crippen LogP contribution in [0.2, 0.25) is 0 Å². The normalized spacial score (nSPS) is 15.7. The fourth-order valence-electron chi connectivity index (χ4n) is 2.67. The standard InChI is InChI=1S/C17H28N2O/c1-17(2,12-18-15-9-10-15)13-19(3)11-14-7-5-6-8-16(14)20-4/h5-8,15,18H,9-13H2,1-4H3. The van der Waals surface area contributed by atoms with E-state index >= 15 is 0 Å². The first kappa shape index (κ1) is 15.3. The van der Waals surface area contributed by atoms with Crippen molar-refractivity contribution in [3.8, 4) is 5.75 Å². The molecule has 3 nitrogen and oxygen atoms in total. The van der Waals surface area contributed by atoms with Crippen LogP contribution in [0.5, 0.6) is 5.75 Å². The monoisotopic (exact) mass is 276 g/mol. The molecule has 0 heterocycles. The predicted molar refractivity (Wildman–Crippen MR) is 84.1 cm³/mol. The second-order valence-electron chi connectivity index (χ2n) is 6.80. The molecular weight excluding hydrogens is 248 g/mol. The molecule has 0 radical (unpaired) electrons. The Hall–Kier alpha value is -1.06. The van der Waals surface area contributed by atoms with Crippen molar-refractivity contribution >= 4 is 0 Å². The fourth-order valence-corrected chi connectivity index (χ4v) is 2.67. The molecule has 1 aromatic carbocycles. The van der Waals surface area contributed by atoms with Gasteiger partial charge in [0.2, 0.25) is 0 Å². The predicted octanol–water partition coefficient (Wildman–Crippen LogP) is 2.91. The highest BCUT2D eigenvalue weighted by Crippen LogP contribution is 2.24. The maximum absolute atomic E-state index is 5.42. The van der Waals surface area contributed by atoms with Crippen molar-refractivity contribution in [3.05, 3.63) is 29.8 Å². The first-order valence-corrected chi connectivity index (χ1v) is 7.54. The highest BCUT2D eigenvalue weighted by Gasteiger charge is 2.26. The molecule has 0 atom stereocenters. The van der Waals surface area contributed by atoms with Crippen molar-refractivity contribution in [2.24, 2.45) is 5.41 Å². The summed E-state index contributed by atoms with van der Waals surface area (Å²) in [6.45, 7) is 7.76. The summed E-state index contributed by atoms with van der Waals surface area (Å²) in [6.07, 6.45) is 2.71. The Morgan fingerprint density at radius 3 is 2.65 bits per heavy atom. The van der Waals surface area contributed by atoms with Gasteiger partial charge in [-0.25, -0.2) is 0 Å². The van der Waals surface area contributed by atoms with Crippen molar-refractivity contribution in [1.29, 1.82) is 0 Å². The summed E-state index contributed by atoms with van der Waals surface area (Å²) in [6, 6.07) is 9.05. The van der Waals surface area contributed by atoms with Gasteiger partial charge in [0, 0.05) is 31.2 Å². The minimum atomic E-state index is 0.291. The SMILES string of the molecule is COc1ccccc1CN(C)CC(C)(C)CNC1CC1. The number of hydrogen-bond acceptors (Lipinski definition) is 3. The second-order valence-corrected chi connectivity index (χ2v) is 6.80. The molecule has 0 bridgehead atoms. The number of ether oxygens (including phenoxy) is 1. The first-order chi connectivity index (χ1) is 9.50. The van der Waals surface area contributed by atoms with E-state index in [-0.39, 0.29) is 0 Å². The number of rotatable bonds is 8. The van der Waals surface area contributed by atoms with Crippen molar-refractivity contribution < 1.29 is 4.74 Å². The Morgan fingerprint density at radius 1 is 1.30 bits per heavy atom. The number of hydrogen-bond donors (Lipinski definition) is 1. The van der Waals surface area contributed by atoms with E-state index in [9.17, 15) is 0 Å². The summed E-state index contributed by atoms with van der Waals surface area (Å²) >= 11 is 0. The van der Waals surface area contributed by atoms with Crippen molar-refractivity contribution in [2.45, 2.75) is 39.3 Å². The summed E-state index contributed by atoms with van der Waals surface area (Å²) in [5.74, 6) is 0.980. The van der Waals surface area contributed by atoms with Crippen LogP contribution in [0.3, 0.4) is 0 Å². The molecule has 1 saturated carbocycles. The van der Waals surface area contributed by atoms with E-state index in [2.05, 4.69) is 43.2 Å². The zero-order valence-corrected chi connectivity index (χ0v) is 13.3. The van der Waals surface area contributed by atoms with E-state index in [4.69, 9.17) is 4.74 Å². The van der Waals surface area contributed by atoms with E-state index in [1.165, 1.54) is 18.4 Å². The van der Waals surface area contributed by atoms with Crippen LogP contribution < -0.4 is 10.1 Å². The van der Waals surface area contributed by atoms with Crippen molar-refractivity contribution in [1.82, 2.24) is 10.2 Å². The van der Waals surface area contributed by atoms with Gasteiger partial charge < -0.3 is 15.0 Å². The quantitative estimate of drug-likeness (QED) is 0.790. The van der Waals surface area contributed by atoms with Crippen LogP contribution in [-0.4, -0.2) is 38.2 Å². The zero-order chi connectivity index (χ0) is 14.6. The van der Waals surface area contributed by atoms with Crippen LogP contribution in [0.15, 0.2) is 24.3 Å². The third kappa shape index (κ3) is 4.80. The number of methoxy groups -OCH3 is 1. The fraction of sp³-hybridized carbons (Fsp3) is 0.647. The van der Waals surface area contributed by atoms with Crippen LogP contribution in [0, 0.1) is 5.41 Å². The Labute approximate surface area is 123 Å². The molecule has 20 heavy (non-hydrogen) atoms. The number of benzene rings is 1. The molecule has 2 rings (SSSR count). The van der Waals surface area contributed by atoms with Gasteiger partial charge in [-0.1, -0.05) is 32.0 Å². The number of nitrogens with zero attached hydrogens (tertiary/aromatic N) is 1. The lowest BCUT2D eigenvalue weighted by molar-refractivity contribution is 0.196. The lowest BCUT2D eigenvalue weighted by atomic mass is 9.92. The molecule has 112 valence electrons. The average Bonchev–Trinajstić information content (AvgIpc) is 3.20. The number of nitrogens with one attached hydrogen (secondary N) is 1. The highest BCUT2D eigenvalue weighted by atomic mass is 16.5. The Morgan fingerprint density at radius 2 is 2.00 bits per heavy atom. The van der Waals surface area contributed by atoms with E-state index < -0.39 is 0 Å². The average molecular weight is 276 g/mol. The molecule has 1 aliphatic rings. The van der Waals surface area contributed by atoms with E-state index in [0.29, 0.717) is 5.41 Å². The van der Waals surface area contributed by atoms with Gasteiger partial charge in [0.05, 0.1) is 7.11 Å². The Bertz CT molecular complexity index is 427. The van der Waals surface area contributed by atoms with Gasteiger partial charge in [-0.15, -0.1) is 0 Å². The smallest absolute Gasteiger partial charge is 0.123 e. The molecule has 1 aliphatic carbocycles. The summed E-state index contributed by atoms with van der Waals surface area (Å²) < 4.78 is 5.42. The highest BCUT2D eigenvalue weighted by molar-refractivity contribution is 5.33. The number of para-hydroxylation sites is 1. The molecule has 1 N–H and O–H groups in total. The Kier molecular flexibility index (Phi) is 5.06. The summed E-state index contributed by atoms with van der Waals surface area (Å²) in [4.78, 5) is 2.38. The van der Waals surface area contributed by atoms with Crippen molar-refractivity contribution in [2.75, 3.05) is 27.2 Å². The van der Waals surface area contributed by atoms with Gasteiger partial charge in [-0.3, -0.25) is 0 Å². The molecule has 0 spiro atoms. The molecule has 1 fully saturated rings. The Balaban J connectivity index is 1.85. The van der Waals surface area contributed by atoms with Crippen LogP contribution >= 0.6 is 0 Å². The van der Waals surface area contributed by atoms with Crippen LogP contribution in [0.25, 0.3) is 0 Å². The molecule has 0 unspecified atom stereocenters. The maximum Gasteiger partial charge on any atom is 0.123 e. The van der Waals surface area contributed by atoms with E-state index in [1.807, 2.05) is 12.1 Å². The van der Waals surface area contributed by atoms with Crippen LogP contribution in [0.4, 0.5) is 0 Å². The van der Waals surface area contributed by atoms with Crippen LogP contribution in [-0.2, 0) is 6.54 Å². The van der Waals surface area contributed by atoms with Gasteiger partial charge in [-0.2, -0.15) is 0 Å². The van der Waals surface area contributed by atoms with Gasteiger partial charge >= 0.3 is 0 Å².